The van der Waals surface area contributed by atoms with Gasteiger partial charge < -0.3 is 4.74 Å². The molecule has 0 aliphatic heterocycles. The van der Waals surface area contributed by atoms with Gasteiger partial charge in [-0.25, -0.2) is 22.9 Å². The number of amides is 1. The average Bonchev–Trinajstić information content (AvgIpc) is 2.66. The molecule has 1 N–H and O–H groups in total. The van der Waals surface area contributed by atoms with Crippen molar-refractivity contribution in [3.8, 4) is 0 Å². The number of ether oxygens (including phenoxy) is 1. The molecule has 0 saturated heterocycles. The number of hydrogen-bond donors (Lipinski definition) is 1. The molecule has 8 heteroatoms. The molecule has 2 aromatic rings. The van der Waals surface area contributed by atoms with Gasteiger partial charge in [0.25, 0.3) is 15.9 Å². The molecular weight excluding hydrogens is 356 g/mol. The lowest BCUT2D eigenvalue weighted by Crippen LogP contribution is -2.30. The van der Waals surface area contributed by atoms with Crippen molar-refractivity contribution in [1.29, 1.82) is 0 Å². The Labute approximate surface area is 152 Å². The number of sulfonamides is 1. The molecule has 0 bridgehead atoms. The molecule has 1 aromatic heterocycles. The minimum Gasteiger partial charge on any atom is -0.458 e. The van der Waals surface area contributed by atoms with E-state index in [0.29, 0.717) is 12.8 Å². The maximum atomic E-state index is 12.2. The largest absolute Gasteiger partial charge is 0.458 e. The van der Waals surface area contributed by atoms with Gasteiger partial charge in [0.05, 0.1) is 10.5 Å². The van der Waals surface area contributed by atoms with Crippen molar-refractivity contribution in [3.05, 3.63) is 59.9 Å². The van der Waals surface area contributed by atoms with Crippen LogP contribution in [-0.2, 0) is 14.8 Å². The summed E-state index contributed by atoms with van der Waals surface area (Å²) in [5.74, 6) is -1.41. The minimum absolute atomic E-state index is 0.0172. The summed E-state index contributed by atoms with van der Waals surface area (Å²) < 4.78 is 31.5. The fourth-order valence-electron chi connectivity index (χ4n) is 2.16. The molecule has 0 aliphatic carbocycles. The molecule has 0 atom stereocenters. The summed E-state index contributed by atoms with van der Waals surface area (Å²) in [5.41, 5.74) is 0.0722. The summed E-state index contributed by atoms with van der Waals surface area (Å²) in [6.07, 6.45) is 2.34. The Bertz CT molecular complexity index is 860. The number of nitrogens with zero attached hydrogens (tertiary/aromatic N) is 1. The monoisotopic (exact) mass is 376 g/mol. The highest BCUT2D eigenvalue weighted by molar-refractivity contribution is 7.90. The van der Waals surface area contributed by atoms with Crippen LogP contribution in [0.1, 0.15) is 47.5 Å². The molecular formula is C18H20N2O5S. The third kappa shape index (κ3) is 4.89. The van der Waals surface area contributed by atoms with Crippen molar-refractivity contribution >= 4 is 21.9 Å². The van der Waals surface area contributed by atoms with Crippen molar-refractivity contribution in [2.45, 2.75) is 37.7 Å². The first kappa shape index (κ1) is 19.6. The van der Waals surface area contributed by atoms with Gasteiger partial charge in [-0.3, -0.25) is 4.79 Å². The average molecular weight is 376 g/mol. The van der Waals surface area contributed by atoms with Crippen molar-refractivity contribution in [3.63, 3.8) is 0 Å². The van der Waals surface area contributed by atoms with E-state index in [1.54, 1.807) is 18.2 Å². The van der Waals surface area contributed by atoms with Gasteiger partial charge in [0.2, 0.25) is 0 Å². The predicted molar refractivity (Wildman–Crippen MR) is 95.1 cm³/mol. The quantitative estimate of drug-likeness (QED) is 0.745. The standard InChI is InChI=1S/C18H20N2O5S/c1-3-14(4-2)25-18(22)16-11-10-13(12-19-16)17(21)20-26(23,24)15-8-6-5-7-9-15/h5-12,14H,3-4H2,1-2H3,(H,20,21). The molecule has 0 fully saturated rings. The highest BCUT2D eigenvalue weighted by Gasteiger charge is 2.20. The number of hydrogen-bond acceptors (Lipinski definition) is 6. The van der Waals surface area contributed by atoms with Gasteiger partial charge in [-0.1, -0.05) is 32.0 Å². The maximum absolute atomic E-state index is 12.2. The molecule has 1 aromatic carbocycles. The molecule has 0 spiro atoms. The number of pyridine rings is 1. The molecule has 26 heavy (non-hydrogen) atoms. The van der Waals surface area contributed by atoms with Gasteiger partial charge in [0.15, 0.2) is 0 Å². The third-order valence-corrected chi connectivity index (χ3v) is 5.05. The molecule has 0 unspecified atom stereocenters. The van der Waals surface area contributed by atoms with E-state index in [-0.39, 0.29) is 22.3 Å². The number of benzene rings is 1. The topological polar surface area (TPSA) is 102 Å². The maximum Gasteiger partial charge on any atom is 0.357 e. The van der Waals surface area contributed by atoms with Gasteiger partial charge in [-0.15, -0.1) is 0 Å². The van der Waals surface area contributed by atoms with E-state index >= 15 is 0 Å². The smallest absolute Gasteiger partial charge is 0.357 e. The lowest BCUT2D eigenvalue weighted by molar-refractivity contribution is 0.0277. The van der Waals surface area contributed by atoms with E-state index in [1.165, 1.54) is 24.3 Å². The van der Waals surface area contributed by atoms with Crippen LogP contribution in [0.15, 0.2) is 53.6 Å². The fraction of sp³-hybridized carbons (Fsp3) is 0.278. The number of aromatic nitrogens is 1. The summed E-state index contributed by atoms with van der Waals surface area (Å²) in [6.45, 7) is 3.82. The zero-order valence-corrected chi connectivity index (χ0v) is 15.3. The number of nitrogens with one attached hydrogen (secondary N) is 1. The van der Waals surface area contributed by atoms with Crippen LogP contribution < -0.4 is 4.72 Å². The van der Waals surface area contributed by atoms with Gasteiger partial charge >= 0.3 is 5.97 Å². The second-order valence-electron chi connectivity index (χ2n) is 5.52. The Kier molecular flexibility index (Phi) is 6.46. The zero-order valence-electron chi connectivity index (χ0n) is 14.5. The molecule has 0 radical (unpaired) electrons. The Morgan fingerprint density at radius 3 is 2.27 bits per heavy atom. The van der Waals surface area contributed by atoms with Crippen LogP contribution in [0.4, 0.5) is 0 Å². The minimum atomic E-state index is -3.98. The van der Waals surface area contributed by atoms with Crippen LogP contribution >= 0.6 is 0 Å². The zero-order chi connectivity index (χ0) is 19.2. The third-order valence-electron chi connectivity index (χ3n) is 3.70. The number of rotatable bonds is 7. The van der Waals surface area contributed by atoms with E-state index in [1.807, 2.05) is 18.6 Å². The second-order valence-corrected chi connectivity index (χ2v) is 7.21. The van der Waals surface area contributed by atoms with Crippen molar-refractivity contribution in [1.82, 2.24) is 9.71 Å². The van der Waals surface area contributed by atoms with E-state index < -0.39 is 21.9 Å². The van der Waals surface area contributed by atoms with Gasteiger partial charge in [-0.05, 0) is 37.1 Å². The van der Waals surface area contributed by atoms with Crippen molar-refractivity contribution in [2.24, 2.45) is 0 Å². The fourth-order valence-corrected chi connectivity index (χ4v) is 3.15. The van der Waals surface area contributed by atoms with E-state index in [9.17, 15) is 18.0 Å². The highest BCUT2D eigenvalue weighted by Crippen LogP contribution is 2.10. The van der Waals surface area contributed by atoms with Crippen LogP contribution in [0.25, 0.3) is 0 Å². The summed E-state index contributed by atoms with van der Waals surface area (Å²) in [6, 6.07) is 10.2. The number of carbonyl (C=O) groups excluding carboxylic acids is 2. The molecule has 1 amide bonds. The summed E-state index contributed by atoms with van der Waals surface area (Å²) in [7, 11) is -3.98. The molecule has 0 aliphatic rings. The van der Waals surface area contributed by atoms with E-state index in [4.69, 9.17) is 4.74 Å². The van der Waals surface area contributed by atoms with Gasteiger partial charge in [0, 0.05) is 6.20 Å². The Morgan fingerprint density at radius 2 is 1.73 bits per heavy atom. The summed E-state index contributed by atoms with van der Waals surface area (Å²) in [4.78, 5) is 28.0. The molecule has 138 valence electrons. The summed E-state index contributed by atoms with van der Waals surface area (Å²) >= 11 is 0. The van der Waals surface area contributed by atoms with Gasteiger partial charge in [0.1, 0.15) is 11.8 Å². The lowest BCUT2D eigenvalue weighted by Gasteiger charge is -2.13. The SMILES string of the molecule is CCC(CC)OC(=O)c1ccc(C(=O)NS(=O)(=O)c2ccccc2)cn1. The van der Waals surface area contributed by atoms with Crippen molar-refractivity contribution < 1.29 is 22.7 Å². The lowest BCUT2D eigenvalue weighted by atomic mass is 10.2. The predicted octanol–water partition coefficient (Wildman–Crippen LogP) is 2.55. The van der Waals surface area contributed by atoms with Crippen LogP contribution in [-0.4, -0.2) is 31.4 Å². The Morgan fingerprint density at radius 1 is 1.08 bits per heavy atom. The van der Waals surface area contributed by atoms with Gasteiger partial charge in [-0.2, -0.15) is 0 Å². The van der Waals surface area contributed by atoms with Crippen LogP contribution in [0.3, 0.4) is 0 Å². The van der Waals surface area contributed by atoms with E-state index in [2.05, 4.69) is 4.98 Å². The van der Waals surface area contributed by atoms with Crippen LogP contribution in [0, 0.1) is 0 Å². The van der Waals surface area contributed by atoms with Crippen LogP contribution in [0.5, 0.6) is 0 Å². The van der Waals surface area contributed by atoms with Crippen molar-refractivity contribution in [2.75, 3.05) is 0 Å². The molecule has 0 saturated carbocycles. The normalized spacial score (nSPS) is 11.2. The first-order valence-corrected chi connectivity index (χ1v) is 9.65. The van der Waals surface area contributed by atoms with E-state index in [0.717, 1.165) is 6.20 Å². The number of esters is 1. The number of carbonyl (C=O) groups is 2. The molecule has 1 heterocycles. The highest BCUT2D eigenvalue weighted by atomic mass is 32.2. The first-order chi connectivity index (χ1) is 12.4. The first-order valence-electron chi connectivity index (χ1n) is 8.16. The molecule has 7 nitrogen and oxygen atoms in total. The Balaban J connectivity index is 2.08. The molecule has 2 rings (SSSR count). The summed E-state index contributed by atoms with van der Waals surface area (Å²) in [5, 5.41) is 0. The second kappa shape index (κ2) is 8.57. The van der Waals surface area contributed by atoms with Crippen LogP contribution in [0.2, 0.25) is 0 Å². The Hall–Kier alpha value is -2.74.